The molecule has 2 heterocycles. The van der Waals surface area contributed by atoms with E-state index in [0.29, 0.717) is 4.57 Å². The maximum absolute atomic E-state index is 12.9. The zero-order chi connectivity index (χ0) is 35.2. The fourth-order valence-electron chi connectivity index (χ4n) is 4.63. The molecule has 1 aliphatic rings. The first-order valence-electron chi connectivity index (χ1n) is 15.5. The predicted molar refractivity (Wildman–Crippen MR) is 172 cm³/mol. The molecule has 5 atom stereocenters. The lowest BCUT2D eigenvalue weighted by Gasteiger charge is -2.21. The number of phosphoric ester groups is 1. The lowest BCUT2D eigenvalue weighted by atomic mass is 10.1. The van der Waals surface area contributed by atoms with Crippen LogP contribution in [-0.2, 0) is 29.2 Å². The summed E-state index contributed by atoms with van der Waals surface area (Å²) in [6, 6.07) is 8.80. The summed E-state index contributed by atoms with van der Waals surface area (Å²) in [5, 5.41) is 20.5. The number of ketones is 1. The van der Waals surface area contributed by atoms with Gasteiger partial charge in [0.25, 0.3) is 5.56 Å². The van der Waals surface area contributed by atoms with E-state index in [9.17, 15) is 38.6 Å². The van der Waals surface area contributed by atoms with Crippen LogP contribution in [0.15, 0.2) is 52.2 Å². The van der Waals surface area contributed by atoms with Gasteiger partial charge < -0.3 is 34.5 Å². The Labute approximate surface area is 273 Å². The molecule has 0 amide bonds. The van der Waals surface area contributed by atoms with Crippen LogP contribution in [0.25, 0.3) is 0 Å². The predicted octanol–water partition coefficient (Wildman–Crippen LogP) is 2.43. The first-order valence-corrected chi connectivity index (χ1v) is 18.5. The third-order valence-corrected chi connectivity index (χ3v) is 9.35. The number of phosphoric acid groups is 2. The molecule has 16 nitrogen and oxygen atoms in total. The Kier molecular flexibility index (Phi) is 17.0. The Morgan fingerprint density at radius 1 is 0.894 bits per heavy atom. The Bertz CT molecular complexity index is 1440. The number of unbranched alkanes of at least 4 members (excludes halogenated alkanes) is 3. The molecule has 0 aliphatic carbocycles. The summed E-state index contributed by atoms with van der Waals surface area (Å²) >= 11 is 0. The molecule has 1 fully saturated rings. The summed E-state index contributed by atoms with van der Waals surface area (Å²) in [7, 11) is -10.6. The highest BCUT2D eigenvalue weighted by atomic mass is 31.3. The first kappa shape index (κ1) is 40.8. The molecule has 0 bridgehead atoms. The van der Waals surface area contributed by atoms with Crippen molar-refractivity contribution >= 4 is 21.4 Å². The molecule has 5 N–H and O–H groups in total. The number of aliphatic hydroxyl groups is 2. The van der Waals surface area contributed by atoms with E-state index in [1.165, 1.54) is 70.3 Å². The molecule has 3 rings (SSSR count). The maximum atomic E-state index is 12.9. The van der Waals surface area contributed by atoms with Crippen molar-refractivity contribution in [2.45, 2.75) is 90.4 Å². The van der Waals surface area contributed by atoms with E-state index in [1.54, 1.807) is 18.2 Å². The summed E-state index contributed by atoms with van der Waals surface area (Å²) < 4.78 is 36.9. The summed E-state index contributed by atoms with van der Waals surface area (Å²) in [6.07, 6.45) is 2.34. The Balaban J connectivity index is 0.000000500. The van der Waals surface area contributed by atoms with Gasteiger partial charge in [-0.2, -0.15) is 4.31 Å². The highest BCUT2D eigenvalue weighted by Gasteiger charge is 2.46. The minimum atomic E-state index is -5.38. The molecular formula is C29H47N3O13P2. The number of Topliss-reactive ketones (excluding diaryl/α,β-unsaturated/α-hetero) is 1. The number of rotatable bonds is 18. The Hall–Kier alpha value is -2.33. The minimum absolute atomic E-state index is 0.250. The van der Waals surface area contributed by atoms with E-state index in [1.807, 2.05) is 0 Å². The summed E-state index contributed by atoms with van der Waals surface area (Å²) in [5.74, 6) is -0.541. The van der Waals surface area contributed by atoms with Gasteiger partial charge in [0.1, 0.15) is 18.3 Å². The SMILES string of the molecule is CCCCN(CCCC)CCCC.O=C(Cn1c(=O)ccn([C@@H]2O[C@H](COP(=O)(O)OP(=O)(O)O)[C@@H](O)[C@H]2O)c1=O)c1ccccc1. The molecule has 1 saturated heterocycles. The van der Waals surface area contributed by atoms with E-state index >= 15 is 0 Å². The third kappa shape index (κ3) is 13.6. The topological polar surface area (TPSA) is 227 Å². The zero-order valence-corrected chi connectivity index (χ0v) is 28.7. The van der Waals surface area contributed by atoms with Crippen molar-refractivity contribution < 1.29 is 52.4 Å². The van der Waals surface area contributed by atoms with Gasteiger partial charge in [-0.15, -0.1) is 0 Å². The van der Waals surface area contributed by atoms with Crippen molar-refractivity contribution in [3.63, 3.8) is 0 Å². The molecule has 266 valence electrons. The molecule has 1 aromatic heterocycles. The van der Waals surface area contributed by atoms with E-state index in [2.05, 4.69) is 34.5 Å². The second-order valence-electron chi connectivity index (χ2n) is 11.0. The average molecular weight is 708 g/mol. The van der Waals surface area contributed by atoms with Crippen LogP contribution < -0.4 is 11.2 Å². The van der Waals surface area contributed by atoms with E-state index in [4.69, 9.17) is 14.5 Å². The second kappa shape index (κ2) is 19.6. The van der Waals surface area contributed by atoms with Gasteiger partial charge in [-0.05, 0) is 38.9 Å². The number of aromatic nitrogens is 2. The van der Waals surface area contributed by atoms with Crippen molar-refractivity contribution in [1.29, 1.82) is 0 Å². The standard InChI is InChI=1S/C17H20N2O13P2.C12H27N/c20-11(10-4-2-1-3-5-10)8-19-13(21)6-7-18(17(19)24)16-15(23)14(22)12(31-16)9-30-34(28,29)32-33(25,26)27;1-4-7-10-13(11-8-5-2)12-9-6-3/h1-7,12,14-16,22-23H,8-9H2,(H,28,29)(H2,25,26,27);4-12H2,1-3H3/t12-,14-,15-,16-;/m1./s1. The summed E-state index contributed by atoms with van der Waals surface area (Å²) in [4.78, 5) is 66.7. The number of hydrogen-bond donors (Lipinski definition) is 5. The van der Waals surface area contributed by atoms with Gasteiger partial charge in [-0.3, -0.25) is 23.2 Å². The molecule has 2 aromatic rings. The highest BCUT2D eigenvalue weighted by Crippen LogP contribution is 2.57. The van der Waals surface area contributed by atoms with Gasteiger partial charge in [0.15, 0.2) is 12.0 Å². The molecule has 1 unspecified atom stereocenters. The normalized spacial score (nSPS) is 20.9. The Morgan fingerprint density at radius 2 is 1.45 bits per heavy atom. The summed E-state index contributed by atoms with van der Waals surface area (Å²) in [5.41, 5.74) is -1.61. The van der Waals surface area contributed by atoms with Gasteiger partial charge in [0.2, 0.25) is 0 Å². The molecule has 1 aliphatic heterocycles. The second-order valence-corrected chi connectivity index (χ2v) is 13.8. The van der Waals surface area contributed by atoms with E-state index in [-0.39, 0.29) is 5.56 Å². The molecule has 1 aromatic carbocycles. The maximum Gasteiger partial charge on any atom is 0.481 e. The van der Waals surface area contributed by atoms with Crippen LogP contribution in [0, 0.1) is 0 Å². The highest BCUT2D eigenvalue weighted by molar-refractivity contribution is 7.60. The van der Waals surface area contributed by atoms with E-state index in [0.717, 1.165) is 16.8 Å². The van der Waals surface area contributed by atoms with E-state index < -0.39 is 70.4 Å². The molecule has 18 heteroatoms. The fourth-order valence-corrected chi connectivity index (χ4v) is 6.23. The molecule has 47 heavy (non-hydrogen) atoms. The smallest absolute Gasteiger partial charge is 0.387 e. The zero-order valence-electron chi connectivity index (χ0n) is 26.9. The first-order chi connectivity index (χ1) is 22.1. The van der Waals surface area contributed by atoms with Crippen molar-refractivity contribution in [2.24, 2.45) is 0 Å². The lowest BCUT2D eigenvalue weighted by molar-refractivity contribution is -0.0547. The van der Waals surface area contributed by atoms with Crippen LogP contribution in [0.2, 0.25) is 0 Å². The molecule has 0 spiro atoms. The quantitative estimate of drug-likeness (QED) is 0.111. The average Bonchev–Trinajstić information content (AvgIpc) is 3.30. The third-order valence-electron chi connectivity index (χ3n) is 7.20. The van der Waals surface area contributed by atoms with Crippen LogP contribution in [0.3, 0.4) is 0 Å². The van der Waals surface area contributed by atoms with Crippen molar-refractivity contribution in [2.75, 3.05) is 26.2 Å². The number of aliphatic hydroxyl groups excluding tert-OH is 2. The number of hydrogen-bond acceptors (Lipinski definition) is 11. The van der Waals surface area contributed by atoms with Crippen molar-refractivity contribution in [3.8, 4) is 0 Å². The lowest BCUT2D eigenvalue weighted by Crippen LogP contribution is -2.44. The number of carbonyl (C=O) groups excluding carboxylic acids is 1. The monoisotopic (exact) mass is 707 g/mol. The van der Waals surface area contributed by atoms with Crippen LogP contribution in [0.1, 0.15) is 75.9 Å². The van der Waals surface area contributed by atoms with Crippen LogP contribution in [0.5, 0.6) is 0 Å². The van der Waals surface area contributed by atoms with Crippen molar-refractivity contribution in [1.82, 2.24) is 14.0 Å². The number of nitrogens with zero attached hydrogens (tertiary/aromatic N) is 3. The number of benzene rings is 1. The minimum Gasteiger partial charge on any atom is -0.387 e. The van der Waals surface area contributed by atoms with Gasteiger partial charge in [0.05, 0.1) is 13.2 Å². The molecule has 0 radical (unpaired) electrons. The Morgan fingerprint density at radius 3 is 1.96 bits per heavy atom. The molecular weight excluding hydrogens is 660 g/mol. The fraction of sp³-hybridized carbons (Fsp3) is 0.621. The van der Waals surface area contributed by atoms with Gasteiger partial charge in [-0.1, -0.05) is 70.4 Å². The number of carbonyl (C=O) groups is 1. The van der Waals surface area contributed by atoms with Gasteiger partial charge >= 0.3 is 21.3 Å². The molecule has 0 saturated carbocycles. The van der Waals surface area contributed by atoms with Crippen LogP contribution >= 0.6 is 15.6 Å². The van der Waals surface area contributed by atoms with Crippen molar-refractivity contribution in [3.05, 3.63) is 69.0 Å². The largest absolute Gasteiger partial charge is 0.481 e. The summed E-state index contributed by atoms with van der Waals surface area (Å²) in [6.45, 7) is 9.19. The van der Waals surface area contributed by atoms with Gasteiger partial charge in [0, 0.05) is 17.8 Å². The van der Waals surface area contributed by atoms with Crippen LogP contribution in [0.4, 0.5) is 0 Å². The van der Waals surface area contributed by atoms with Crippen LogP contribution in [-0.4, -0.2) is 89.3 Å². The van der Waals surface area contributed by atoms with Gasteiger partial charge in [-0.25, -0.2) is 13.9 Å². The number of ether oxygens (including phenoxy) is 1.